The number of hydrogen-bond acceptors (Lipinski definition) is 5. The Labute approximate surface area is 207 Å². The van der Waals surface area contributed by atoms with Crippen LogP contribution in [-0.4, -0.2) is 45.7 Å². The third-order valence-corrected chi connectivity index (χ3v) is 11.3. The topological polar surface area (TPSA) is 87.0 Å². The van der Waals surface area contributed by atoms with Crippen molar-refractivity contribution in [2.45, 2.75) is 123 Å². The summed E-state index contributed by atoms with van der Waals surface area (Å²) < 4.78 is 5.80. The molecule has 4 rings (SSSR count). The summed E-state index contributed by atoms with van der Waals surface area (Å²) in [6.45, 7) is 11.2. The zero-order valence-corrected chi connectivity index (χ0v) is 22.3. The van der Waals surface area contributed by atoms with Gasteiger partial charge in [0.15, 0.2) is 0 Å². The first-order chi connectivity index (χ1) is 15.9. The van der Waals surface area contributed by atoms with E-state index in [0.29, 0.717) is 49.0 Å². The Morgan fingerprint density at radius 1 is 1.03 bits per heavy atom. The second kappa shape index (κ2) is 9.67. The van der Waals surface area contributed by atoms with E-state index in [-0.39, 0.29) is 23.2 Å². The van der Waals surface area contributed by atoms with Gasteiger partial charge in [0, 0.05) is 24.2 Å². The van der Waals surface area contributed by atoms with Crippen LogP contribution in [0, 0.1) is 46.3 Å². The van der Waals surface area contributed by atoms with Crippen LogP contribution in [0.25, 0.3) is 0 Å². The van der Waals surface area contributed by atoms with Crippen molar-refractivity contribution in [1.29, 1.82) is 0 Å². The van der Waals surface area contributed by atoms with E-state index in [4.69, 9.17) is 4.74 Å². The number of ether oxygens (including phenoxy) is 1. The lowest BCUT2D eigenvalue weighted by Crippen LogP contribution is -2.69. The predicted octanol–water partition coefficient (Wildman–Crippen LogP) is 5.10. The number of rotatable bonds is 7. The maximum absolute atomic E-state index is 11.9. The lowest BCUT2D eigenvalue weighted by Gasteiger charge is -2.65. The van der Waals surface area contributed by atoms with Gasteiger partial charge in [-0.25, -0.2) is 0 Å². The molecule has 0 bridgehead atoms. The van der Waals surface area contributed by atoms with Crippen molar-refractivity contribution in [3.05, 3.63) is 0 Å². The zero-order valence-electron chi connectivity index (χ0n) is 22.3. The maximum Gasteiger partial charge on any atom is 0.302 e. The molecular formula is C29H50O5. The number of hydrogen-bond donors (Lipinski definition) is 3. The molecule has 4 aliphatic rings. The first-order valence-corrected chi connectivity index (χ1v) is 14.2. The van der Waals surface area contributed by atoms with Gasteiger partial charge < -0.3 is 20.1 Å². The number of esters is 1. The molecule has 0 saturated heterocycles. The molecule has 10 atom stereocenters. The minimum absolute atomic E-state index is 0.0101. The molecule has 5 nitrogen and oxygen atoms in total. The standard InChI is InChI=1S/C29H50O5/c1-18(2)7-6-8-19(3)23-9-10-25-22-15-26(32)29(33)16-21(31)11-13-27(29,5)24(22)12-14-28(23,25)17-34-20(4)30/h18-19,21-26,31-33H,6-17H2,1-5H3. The molecule has 0 spiro atoms. The van der Waals surface area contributed by atoms with Crippen molar-refractivity contribution in [2.24, 2.45) is 46.3 Å². The average Bonchev–Trinajstić information content (AvgIpc) is 3.14. The van der Waals surface area contributed by atoms with Crippen LogP contribution in [0.1, 0.15) is 105 Å². The van der Waals surface area contributed by atoms with E-state index < -0.39 is 17.8 Å². The van der Waals surface area contributed by atoms with Crippen LogP contribution < -0.4 is 0 Å². The molecule has 4 aliphatic carbocycles. The molecule has 0 radical (unpaired) electrons. The summed E-state index contributed by atoms with van der Waals surface area (Å²) >= 11 is 0. The predicted molar refractivity (Wildman–Crippen MR) is 133 cm³/mol. The minimum Gasteiger partial charge on any atom is -0.465 e. The Morgan fingerprint density at radius 2 is 1.76 bits per heavy atom. The Balaban J connectivity index is 1.61. The van der Waals surface area contributed by atoms with E-state index in [9.17, 15) is 20.1 Å². The molecule has 0 aromatic rings. The average molecular weight is 479 g/mol. The van der Waals surface area contributed by atoms with Gasteiger partial charge in [0.2, 0.25) is 0 Å². The number of aliphatic hydroxyl groups excluding tert-OH is 2. The highest BCUT2D eigenvalue weighted by Crippen LogP contribution is 2.69. The van der Waals surface area contributed by atoms with E-state index in [1.54, 1.807) is 0 Å². The number of fused-ring (bicyclic) bond motifs is 5. The summed E-state index contributed by atoms with van der Waals surface area (Å²) in [6, 6.07) is 0. The van der Waals surface area contributed by atoms with Gasteiger partial charge in [-0.1, -0.05) is 47.0 Å². The third-order valence-electron chi connectivity index (χ3n) is 11.3. The molecule has 34 heavy (non-hydrogen) atoms. The smallest absolute Gasteiger partial charge is 0.302 e. The van der Waals surface area contributed by atoms with E-state index in [1.165, 1.54) is 32.6 Å². The third kappa shape index (κ3) is 4.26. The fourth-order valence-electron chi connectivity index (χ4n) is 9.53. The maximum atomic E-state index is 11.9. The second-order valence-electron chi connectivity index (χ2n) is 13.4. The summed E-state index contributed by atoms with van der Waals surface area (Å²) in [7, 11) is 0. The fraction of sp³-hybridized carbons (Fsp3) is 0.966. The van der Waals surface area contributed by atoms with Gasteiger partial charge in [0.25, 0.3) is 0 Å². The fourth-order valence-corrected chi connectivity index (χ4v) is 9.53. The molecule has 0 aromatic heterocycles. The summed E-state index contributed by atoms with van der Waals surface area (Å²) in [5, 5.41) is 33.4. The number of carbonyl (C=O) groups is 1. The van der Waals surface area contributed by atoms with E-state index in [2.05, 4.69) is 27.7 Å². The van der Waals surface area contributed by atoms with Crippen LogP contribution in [0.2, 0.25) is 0 Å². The lowest BCUT2D eigenvalue weighted by atomic mass is 9.42. The summed E-state index contributed by atoms with van der Waals surface area (Å²) in [4.78, 5) is 11.9. The molecule has 3 N–H and O–H groups in total. The molecule has 196 valence electrons. The van der Waals surface area contributed by atoms with Gasteiger partial charge in [-0.15, -0.1) is 0 Å². The van der Waals surface area contributed by atoms with Crippen molar-refractivity contribution < 1.29 is 24.9 Å². The minimum atomic E-state index is -1.20. The SMILES string of the molecule is CC(=O)OCC12CCC3C(CC(O)C4(O)CC(O)CCC34C)C1CCC2C(C)CCCC(C)C. The van der Waals surface area contributed by atoms with Gasteiger partial charge in [-0.3, -0.25) is 4.79 Å². The van der Waals surface area contributed by atoms with Crippen LogP contribution >= 0.6 is 0 Å². The first-order valence-electron chi connectivity index (χ1n) is 14.2. The summed E-state index contributed by atoms with van der Waals surface area (Å²) in [5.74, 6) is 2.79. The van der Waals surface area contributed by atoms with Crippen molar-refractivity contribution in [1.82, 2.24) is 0 Å². The Bertz CT molecular complexity index is 738. The van der Waals surface area contributed by atoms with Crippen molar-refractivity contribution in [3.63, 3.8) is 0 Å². The highest BCUT2D eigenvalue weighted by molar-refractivity contribution is 5.65. The normalized spacial score (nSPS) is 47.0. The van der Waals surface area contributed by atoms with Crippen LogP contribution in [0.3, 0.4) is 0 Å². The van der Waals surface area contributed by atoms with Gasteiger partial charge in [0.1, 0.15) is 0 Å². The Kier molecular flexibility index (Phi) is 7.51. The number of aliphatic hydroxyl groups is 3. The van der Waals surface area contributed by atoms with Crippen LogP contribution in [0.15, 0.2) is 0 Å². The van der Waals surface area contributed by atoms with Crippen LogP contribution in [0.4, 0.5) is 0 Å². The summed E-state index contributed by atoms with van der Waals surface area (Å²) in [6.07, 6.45) is 9.11. The monoisotopic (exact) mass is 478 g/mol. The molecule has 0 heterocycles. The molecule has 0 aromatic carbocycles. The molecule has 0 amide bonds. The molecule has 10 unspecified atom stereocenters. The molecule has 5 heteroatoms. The lowest BCUT2D eigenvalue weighted by molar-refractivity contribution is -0.267. The Morgan fingerprint density at radius 3 is 2.44 bits per heavy atom. The second-order valence-corrected chi connectivity index (χ2v) is 13.4. The van der Waals surface area contributed by atoms with Crippen molar-refractivity contribution in [3.8, 4) is 0 Å². The molecular weight excluding hydrogens is 428 g/mol. The molecule has 0 aliphatic heterocycles. The van der Waals surface area contributed by atoms with Crippen LogP contribution in [0.5, 0.6) is 0 Å². The Hall–Kier alpha value is -0.650. The van der Waals surface area contributed by atoms with E-state index in [0.717, 1.165) is 31.6 Å². The van der Waals surface area contributed by atoms with Crippen LogP contribution in [-0.2, 0) is 9.53 Å². The molecule has 4 saturated carbocycles. The molecule has 4 fully saturated rings. The van der Waals surface area contributed by atoms with Gasteiger partial charge in [-0.05, 0) is 80.5 Å². The van der Waals surface area contributed by atoms with Gasteiger partial charge >= 0.3 is 5.97 Å². The number of carbonyl (C=O) groups excluding carboxylic acids is 1. The van der Waals surface area contributed by atoms with Gasteiger partial charge in [0.05, 0.1) is 24.4 Å². The first kappa shape index (κ1) is 26.4. The highest BCUT2D eigenvalue weighted by Gasteiger charge is 2.68. The van der Waals surface area contributed by atoms with Crippen molar-refractivity contribution >= 4 is 5.97 Å². The van der Waals surface area contributed by atoms with Gasteiger partial charge in [-0.2, -0.15) is 0 Å². The highest BCUT2D eigenvalue weighted by atomic mass is 16.5. The van der Waals surface area contributed by atoms with E-state index >= 15 is 0 Å². The largest absolute Gasteiger partial charge is 0.465 e. The summed E-state index contributed by atoms with van der Waals surface area (Å²) in [5.41, 5.74) is -1.59. The van der Waals surface area contributed by atoms with Crippen molar-refractivity contribution in [2.75, 3.05) is 6.61 Å². The van der Waals surface area contributed by atoms with E-state index in [1.807, 2.05) is 0 Å². The quantitative estimate of drug-likeness (QED) is 0.443. The zero-order chi connectivity index (χ0) is 24.9.